The van der Waals surface area contributed by atoms with E-state index in [0.717, 1.165) is 58.6 Å². The molecule has 2 atom stereocenters. The smallest absolute Gasteiger partial charge is 0.410 e. The summed E-state index contributed by atoms with van der Waals surface area (Å²) in [5.41, 5.74) is 3.79. The third kappa shape index (κ3) is 7.09. The molecule has 2 saturated heterocycles. The van der Waals surface area contributed by atoms with Crippen LogP contribution in [0.4, 0.5) is 9.59 Å². The lowest BCUT2D eigenvalue weighted by molar-refractivity contribution is 0.0196. The maximum absolute atomic E-state index is 12.8. The Hall–Kier alpha value is -4.25. The summed E-state index contributed by atoms with van der Waals surface area (Å²) in [6.45, 7) is 12.5. The van der Waals surface area contributed by atoms with Crippen LogP contribution in [0, 0.1) is 0 Å². The van der Waals surface area contributed by atoms with E-state index in [2.05, 4.69) is 39.8 Å². The molecular weight excluding hydrogens is 602 g/mol. The molecule has 2 aromatic heterocycles. The van der Waals surface area contributed by atoms with E-state index in [1.54, 1.807) is 16.2 Å². The number of benzene rings is 2. The fraction of sp³-hybridized carbons (Fsp3) is 0.457. The van der Waals surface area contributed by atoms with Gasteiger partial charge in [-0.2, -0.15) is 4.98 Å². The van der Waals surface area contributed by atoms with Crippen LogP contribution in [0.5, 0.6) is 0 Å². The third-order valence-electron chi connectivity index (χ3n) is 7.95. The Kier molecular flexibility index (Phi) is 8.62. The molecule has 10 nitrogen and oxygen atoms in total. The molecule has 2 unspecified atom stereocenters. The molecular formula is C35H41N5O5S. The summed E-state index contributed by atoms with van der Waals surface area (Å²) in [6.07, 6.45) is 2.79. The summed E-state index contributed by atoms with van der Waals surface area (Å²) in [4.78, 5) is 38.5. The van der Waals surface area contributed by atoms with E-state index < -0.39 is 11.2 Å². The SMILES string of the molecule is CC(C)(C)OC(=O)N1CCCC1c1nc(-c2ccc(-c3ccc(-c4csc(C5CCCN5C(=O)OC(C)(C)C)n4)cc3)cc2)no1. The van der Waals surface area contributed by atoms with Crippen LogP contribution in [-0.2, 0) is 9.47 Å². The summed E-state index contributed by atoms with van der Waals surface area (Å²) in [5.74, 6) is 0.911. The molecule has 0 N–H and O–H groups in total. The average molecular weight is 644 g/mol. The van der Waals surface area contributed by atoms with Gasteiger partial charge in [-0.05, 0) is 78.4 Å². The second kappa shape index (κ2) is 12.5. The second-order valence-electron chi connectivity index (χ2n) is 13.8. The minimum Gasteiger partial charge on any atom is -0.444 e. The molecule has 2 aliphatic heterocycles. The van der Waals surface area contributed by atoms with Gasteiger partial charge in [0, 0.05) is 29.6 Å². The number of likely N-dealkylation sites (tertiary alicyclic amines) is 2. The first-order chi connectivity index (χ1) is 21.8. The van der Waals surface area contributed by atoms with Gasteiger partial charge in [-0.15, -0.1) is 11.3 Å². The van der Waals surface area contributed by atoms with Crippen LogP contribution in [0.3, 0.4) is 0 Å². The number of ether oxygens (including phenoxy) is 2. The molecule has 0 aliphatic carbocycles. The molecule has 0 spiro atoms. The van der Waals surface area contributed by atoms with Crippen molar-refractivity contribution in [3.63, 3.8) is 0 Å². The van der Waals surface area contributed by atoms with Gasteiger partial charge in [0.15, 0.2) is 0 Å². The van der Waals surface area contributed by atoms with Crippen molar-refractivity contribution in [1.29, 1.82) is 0 Å². The first kappa shape index (κ1) is 31.7. The normalized spacial score (nSPS) is 18.7. The highest BCUT2D eigenvalue weighted by Gasteiger charge is 2.37. The maximum Gasteiger partial charge on any atom is 0.410 e. The first-order valence-electron chi connectivity index (χ1n) is 15.8. The number of thiazole rings is 1. The lowest BCUT2D eigenvalue weighted by atomic mass is 10.0. The average Bonchev–Trinajstić information content (AvgIpc) is 3.82. The number of carbonyl (C=O) groups is 2. The first-order valence-corrected chi connectivity index (χ1v) is 16.7. The lowest BCUT2D eigenvalue weighted by Gasteiger charge is -2.27. The largest absolute Gasteiger partial charge is 0.444 e. The molecule has 46 heavy (non-hydrogen) atoms. The Bertz CT molecular complexity index is 1560. The fourth-order valence-electron chi connectivity index (χ4n) is 5.83. The van der Waals surface area contributed by atoms with Crippen molar-refractivity contribution in [2.45, 2.75) is 90.5 Å². The van der Waals surface area contributed by atoms with Crippen LogP contribution in [0.15, 0.2) is 58.4 Å². The van der Waals surface area contributed by atoms with E-state index in [4.69, 9.17) is 19.0 Å². The Morgan fingerprint density at radius 3 is 1.80 bits per heavy atom. The molecule has 2 aliphatic rings. The number of nitrogens with zero attached hydrogens (tertiary/aromatic N) is 5. The van der Waals surface area contributed by atoms with Gasteiger partial charge < -0.3 is 14.0 Å². The van der Waals surface area contributed by atoms with Gasteiger partial charge in [-0.1, -0.05) is 53.7 Å². The number of carbonyl (C=O) groups excluding carboxylic acids is 2. The Labute approximate surface area is 273 Å². The van der Waals surface area contributed by atoms with Crippen molar-refractivity contribution < 1.29 is 23.6 Å². The minimum absolute atomic E-state index is 0.0521. The zero-order valence-corrected chi connectivity index (χ0v) is 28.1. The van der Waals surface area contributed by atoms with Crippen molar-refractivity contribution in [2.75, 3.05) is 13.1 Å². The summed E-state index contributed by atoms with van der Waals surface area (Å²) < 4.78 is 16.8. The highest BCUT2D eigenvalue weighted by molar-refractivity contribution is 7.10. The molecule has 0 radical (unpaired) electrons. The molecule has 4 heterocycles. The maximum atomic E-state index is 12.8. The third-order valence-corrected chi connectivity index (χ3v) is 8.90. The number of aromatic nitrogens is 3. The number of amides is 2. The van der Waals surface area contributed by atoms with Crippen molar-refractivity contribution >= 4 is 23.5 Å². The van der Waals surface area contributed by atoms with Crippen LogP contribution in [0.25, 0.3) is 33.8 Å². The predicted molar refractivity (Wildman–Crippen MR) is 176 cm³/mol. The Balaban J connectivity index is 1.11. The predicted octanol–water partition coefficient (Wildman–Crippen LogP) is 8.67. The Morgan fingerprint density at radius 2 is 1.24 bits per heavy atom. The van der Waals surface area contributed by atoms with Crippen molar-refractivity contribution in [3.8, 4) is 33.8 Å². The van der Waals surface area contributed by atoms with Gasteiger partial charge in [0.1, 0.15) is 22.3 Å². The lowest BCUT2D eigenvalue weighted by Crippen LogP contribution is -2.36. The molecule has 0 saturated carbocycles. The van der Waals surface area contributed by atoms with Crippen LogP contribution >= 0.6 is 11.3 Å². The Morgan fingerprint density at radius 1 is 0.739 bits per heavy atom. The number of hydrogen-bond acceptors (Lipinski definition) is 9. The summed E-state index contributed by atoms with van der Waals surface area (Å²) in [6, 6.07) is 16.0. The molecule has 4 aromatic rings. The van der Waals surface area contributed by atoms with E-state index in [1.807, 2.05) is 70.7 Å². The summed E-state index contributed by atoms with van der Waals surface area (Å²) in [7, 11) is 0. The van der Waals surface area contributed by atoms with Gasteiger partial charge in [0.05, 0.1) is 11.7 Å². The second-order valence-corrected chi connectivity index (χ2v) is 14.7. The van der Waals surface area contributed by atoms with Crippen molar-refractivity contribution in [3.05, 3.63) is 64.8 Å². The molecule has 2 amide bonds. The molecule has 0 bridgehead atoms. The van der Waals surface area contributed by atoms with E-state index in [9.17, 15) is 9.59 Å². The minimum atomic E-state index is -0.571. The van der Waals surface area contributed by atoms with Gasteiger partial charge in [0.2, 0.25) is 11.7 Å². The van der Waals surface area contributed by atoms with Gasteiger partial charge >= 0.3 is 12.2 Å². The summed E-state index contributed by atoms with van der Waals surface area (Å²) in [5, 5.41) is 7.20. The fourth-order valence-corrected chi connectivity index (χ4v) is 6.81. The molecule has 2 aromatic carbocycles. The van der Waals surface area contributed by atoms with Gasteiger partial charge in [-0.25, -0.2) is 14.6 Å². The topological polar surface area (TPSA) is 111 Å². The molecule has 242 valence electrons. The van der Waals surface area contributed by atoms with Crippen molar-refractivity contribution in [2.24, 2.45) is 0 Å². The zero-order valence-electron chi connectivity index (χ0n) is 27.3. The number of rotatable bonds is 5. The zero-order chi connectivity index (χ0) is 32.6. The van der Waals surface area contributed by atoms with E-state index in [0.29, 0.717) is 24.8 Å². The highest BCUT2D eigenvalue weighted by atomic mass is 32.1. The standard InChI is InChI=1S/C35H41N5O5S/c1-34(2,3)43-32(41)39-19-7-9-27(39)30-37-29(38-45-30)25-17-13-23(14-18-25)22-11-15-24(16-12-22)26-21-46-31(36-26)28-10-8-20-40(28)33(42)44-35(4,5)6/h11-18,21,27-28H,7-10,19-20H2,1-6H3. The van der Waals surface area contributed by atoms with Crippen LogP contribution in [0.2, 0.25) is 0 Å². The molecule has 11 heteroatoms. The van der Waals surface area contributed by atoms with Crippen LogP contribution in [0.1, 0.15) is 90.2 Å². The van der Waals surface area contributed by atoms with Gasteiger partial charge in [0.25, 0.3) is 0 Å². The van der Waals surface area contributed by atoms with Crippen LogP contribution in [-0.4, -0.2) is 61.4 Å². The molecule has 2 fully saturated rings. The van der Waals surface area contributed by atoms with E-state index in [1.165, 1.54) is 0 Å². The number of hydrogen-bond donors (Lipinski definition) is 0. The quantitative estimate of drug-likeness (QED) is 0.212. The van der Waals surface area contributed by atoms with E-state index in [-0.39, 0.29) is 24.3 Å². The molecule has 6 rings (SSSR count). The summed E-state index contributed by atoms with van der Waals surface area (Å²) >= 11 is 1.59. The van der Waals surface area contributed by atoms with E-state index >= 15 is 0 Å². The highest BCUT2D eigenvalue weighted by Crippen LogP contribution is 2.37. The van der Waals surface area contributed by atoms with Gasteiger partial charge in [-0.3, -0.25) is 9.80 Å². The van der Waals surface area contributed by atoms with Crippen LogP contribution < -0.4 is 0 Å². The van der Waals surface area contributed by atoms with Crippen molar-refractivity contribution in [1.82, 2.24) is 24.9 Å². The monoisotopic (exact) mass is 643 g/mol.